The minimum absolute atomic E-state index is 0.151. The molecule has 0 unspecified atom stereocenters. The summed E-state index contributed by atoms with van der Waals surface area (Å²) in [5.41, 5.74) is 1.68. The number of para-hydroxylation sites is 1. The quantitative estimate of drug-likeness (QED) is 0.411. The van der Waals surface area contributed by atoms with Crippen LogP contribution in [0, 0.1) is 0 Å². The summed E-state index contributed by atoms with van der Waals surface area (Å²) in [6.45, 7) is 0.616. The molecule has 3 aromatic rings. The third-order valence-electron chi connectivity index (χ3n) is 3.53. The predicted octanol–water partition coefficient (Wildman–Crippen LogP) is 5.13. The SMILES string of the molecule is O=C(CSc1cc(NCc2ccc(Cl)cc2)ncn1)Nc1ccccc1Cl. The number of aromatic nitrogens is 2. The molecule has 1 amide bonds. The smallest absolute Gasteiger partial charge is 0.234 e. The van der Waals surface area contributed by atoms with Crippen LogP contribution in [0.3, 0.4) is 0 Å². The summed E-state index contributed by atoms with van der Waals surface area (Å²) < 4.78 is 0. The van der Waals surface area contributed by atoms with Crippen molar-refractivity contribution in [1.82, 2.24) is 9.97 Å². The molecule has 5 nitrogen and oxygen atoms in total. The molecule has 1 aromatic heterocycles. The molecule has 0 radical (unpaired) electrons. The normalized spacial score (nSPS) is 10.4. The fraction of sp³-hybridized carbons (Fsp3) is 0.105. The molecule has 2 aromatic carbocycles. The largest absolute Gasteiger partial charge is 0.366 e. The molecule has 0 aliphatic carbocycles. The van der Waals surface area contributed by atoms with Gasteiger partial charge in [0.05, 0.1) is 16.5 Å². The number of benzene rings is 2. The fourth-order valence-electron chi connectivity index (χ4n) is 2.20. The first-order valence-electron chi connectivity index (χ1n) is 8.08. The molecule has 1 heterocycles. The van der Waals surface area contributed by atoms with Crippen molar-refractivity contribution in [2.24, 2.45) is 0 Å². The van der Waals surface area contributed by atoms with Crippen LogP contribution in [0.5, 0.6) is 0 Å². The van der Waals surface area contributed by atoms with Gasteiger partial charge in [0.2, 0.25) is 5.91 Å². The summed E-state index contributed by atoms with van der Waals surface area (Å²) in [4.78, 5) is 20.5. The third kappa shape index (κ3) is 6.13. The first-order valence-corrected chi connectivity index (χ1v) is 9.82. The maximum Gasteiger partial charge on any atom is 0.234 e. The molecule has 0 aliphatic heterocycles. The lowest BCUT2D eigenvalue weighted by Gasteiger charge is -2.08. The van der Waals surface area contributed by atoms with Gasteiger partial charge >= 0.3 is 0 Å². The Morgan fingerprint density at radius 3 is 2.59 bits per heavy atom. The van der Waals surface area contributed by atoms with Gasteiger partial charge in [-0.2, -0.15) is 0 Å². The second-order valence-electron chi connectivity index (χ2n) is 5.54. The number of hydrogen-bond donors (Lipinski definition) is 2. The van der Waals surface area contributed by atoms with Crippen LogP contribution in [-0.2, 0) is 11.3 Å². The standard InChI is InChI=1S/C19H16Cl2N4OS/c20-14-7-5-13(6-8-14)10-22-17-9-19(24-12-23-17)27-11-18(26)25-16-4-2-1-3-15(16)21/h1-9,12H,10-11H2,(H,25,26)(H,22,23,24). The van der Waals surface area contributed by atoms with Crippen molar-refractivity contribution in [3.8, 4) is 0 Å². The molecule has 0 bridgehead atoms. The van der Waals surface area contributed by atoms with Crippen molar-refractivity contribution >= 4 is 52.4 Å². The molecule has 0 atom stereocenters. The predicted molar refractivity (Wildman–Crippen MR) is 112 cm³/mol. The first-order chi connectivity index (χ1) is 13.1. The zero-order valence-corrected chi connectivity index (χ0v) is 16.5. The lowest BCUT2D eigenvalue weighted by atomic mass is 10.2. The molecule has 8 heteroatoms. The zero-order chi connectivity index (χ0) is 19.1. The van der Waals surface area contributed by atoms with E-state index in [-0.39, 0.29) is 11.7 Å². The lowest BCUT2D eigenvalue weighted by molar-refractivity contribution is -0.113. The highest BCUT2D eigenvalue weighted by Gasteiger charge is 2.07. The van der Waals surface area contributed by atoms with E-state index in [1.54, 1.807) is 12.1 Å². The number of halogens is 2. The highest BCUT2D eigenvalue weighted by atomic mass is 35.5. The van der Waals surface area contributed by atoms with Crippen LogP contribution in [-0.4, -0.2) is 21.6 Å². The van der Waals surface area contributed by atoms with Crippen molar-refractivity contribution in [2.75, 3.05) is 16.4 Å². The second-order valence-corrected chi connectivity index (χ2v) is 7.38. The number of hydrogen-bond acceptors (Lipinski definition) is 5. The van der Waals surface area contributed by atoms with E-state index < -0.39 is 0 Å². The van der Waals surface area contributed by atoms with Gasteiger partial charge in [-0.1, -0.05) is 59.2 Å². The molecule has 0 saturated carbocycles. The Hall–Kier alpha value is -2.28. The van der Waals surface area contributed by atoms with Crippen molar-refractivity contribution in [1.29, 1.82) is 0 Å². The maximum absolute atomic E-state index is 12.1. The summed E-state index contributed by atoms with van der Waals surface area (Å²) in [6, 6.07) is 16.5. The van der Waals surface area contributed by atoms with Crippen LogP contribution < -0.4 is 10.6 Å². The van der Waals surface area contributed by atoms with E-state index in [4.69, 9.17) is 23.2 Å². The van der Waals surface area contributed by atoms with Crippen molar-refractivity contribution in [3.63, 3.8) is 0 Å². The van der Waals surface area contributed by atoms with Gasteiger partial charge in [-0.15, -0.1) is 0 Å². The number of carbonyl (C=O) groups excluding carboxylic acids is 1. The zero-order valence-electron chi connectivity index (χ0n) is 14.2. The second kappa shape index (κ2) is 9.60. The van der Waals surface area contributed by atoms with E-state index in [9.17, 15) is 4.79 Å². The number of nitrogens with one attached hydrogen (secondary N) is 2. The highest BCUT2D eigenvalue weighted by Crippen LogP contribution is 2.22. The Kier molecular flexibility index (Phi) is 6.92. The van der Waals surface area contributed by atoms with Gasteiger partial charge in [-0.25, -0.2) is 9.97 Å². The van der Waals surface area contributed by atoms with Crippen LogP contribution in [0.15, 0.2) is 66.0 Å². The van der Waals surface area contributed by atoms with Gasteiger partial charge in [0.15, 0.2) is 0 Å². The van der Waals surface area contributed by atoms with Gasteiger partial charge in [-0.3, -0.25) is 4.79 Å². The summed E-state index contributed by atoms with van der Waals surface area (Å²) >= 11 is 13.3. The Morgan fingerprint density at radius 1 is 1.04 bits per heavy atom. The number of amides is 1. The molecule has 2 N–H and O–H groups in total. The summed E-state index contributed by atoms with van der Waals surface area (Å²) in [5, 5.41) is 7.93. The molecule has 0 spiro atoms. The van der Waals surface area contributed by atoms with E-state index in [1.165, 1.54) is 18.1 Å². The minimum atomic E-state index is -0.151. The van der Waals surface area contributed by atoms with Crippen LogP contribution in [0.1, 0.15) is 5.56 Å². The Morgan fingerprint density at radius 2 is 1.81 bits per heavy atom. The van der Waals surface area contributed by atoms with Gasteiger partial charge in [0.1, 0.15) is 17.2 Å². The molecule has 3 rings (SSSR count). The summed E-state index contributed by atoms with van der Waals surface area (Å²) in [5.74, 6) is 0.759. The topological polar surface area (TPSA) is 66.9 Å². The van der Waals surface area contributed by atoms with E-state index in [2.05, 4.69) is 20.6 Å². The van der Waals surface area contributed by atoms with Crippen molar-refractivity contribution < 1.29 is 4.79 Å². The number of anilines is 2. The van der Waals surface area contributed by atoms with Gasteiger partial charge in [0, 0.05) is 17.6 Å². The fourth-order valence-corrected chi connectivity index (χ4v) is 3.18. The molecular formula is C19H16Cl2N4OS. The van der Waals surface area contributed by atoms with Gasteiger partial charge < -0.3 is 10.6 Å². The maximum atomic E-state index is 12.1. The number of thioether (sulfide) groups is 1. The molecule has 0 aliphatic rings. The Balaban J connectivity index is 1.52. The van der Waals surface area contributed by atoms with Gasteiger partial charge in [-0.05, 0) is 29.8 Å². The Labute approximate surface area is 171 Å². The summed E-state index contributed by atoms with van der Waals surface area (Å²) in [6.07, 6.45) is 1.47. The average molecular weight is 419 g/mol. The minimum Gasteiger partial charge on any atom is -0.366 e. The first kappa shape index (κ1) is 19.5. The summed E-state index contributed by atoms with van der Waals surface area (Å²) in [7, 11) is 0. The van der Waals surface area contributed by atoms with E-state index in [1.807, 2.05) is 42.5 Å². The number of carbonyl (C=O) groups is 1. The van der Waals surface area contributed by atoms with Crippen molar-refractivity contribution in [2.45, 2.75) is 11.6 Å². The average Bonchev–Trinajstić information content (AvgIpc) is 2.68. The molecular weight excluding hydrogens is 403 g/mol. The van der Waals surface area contributed by atoms with Crippen LogP contribution >= 0.6 is 35.0 Å². The van der Waals surface area contributed by atoms with E-state index in [0.29, 0.717) is 33.1 Å². The van der Waals surface area contributed by atoms with Crippen LogP contribution in [0.25, 0.3) is 0 Å². The van der Waals surface area contributed by atoms with Crippen LogP contribution in [0.4, 0.5) is 11.5 Å². The molecule has 0 fully saturated rings. The van der Waals surface area contributed by atoms with Crippen molar-refractivity contribution in [3.05, 3.63) is 76.5 Å². The van der Waals surface area contributed by atoms with E-state index >= 15 is 0 Å². The monoisotopic (exact) mass is 418 g/mol. The Bertz CT molecular complexity index is 922. The van der Waals surface area contributed by atoms with E-state index in [0.717, 1.165) is 5.56 Å². The number of rotatable bonds is 7. The van der Waals surface area contributed by atoms with Crippen LogP contribution in [0.2, 0.25) is 10.0 Å². The third-order valence-corrected chi connectivity index (χ3v) is 5.04. The highest BCUT2D eigenvalue weighted by molar-refractivity contribution is 7.99. The van der Waals surface area contributed by atoms with Gasteiger partial charge in [0.25, 0.3) is 0 Å². The molecule has 0 saturated heterocycles. The number of nitrogens with zero attached hydrogens (tertiary/aromatic N) is 2. The lowest BCUT2D eigenvalue weighted by Crippen LogP contribution is -2.14. The molecule has 27 heavy (non-hydrogen) atoms. The molecule has 138 valence electrons.